The summed E-state index contributed by atoms with van der Waals surface area (Å²) >= 11 is 0. The molecule has 6 nitrogen and oxygen atoms in total. The molecule has 2 heterocycles. The van der Waals surface area contributed by atoms with Crippen molar-refractivity contribution in [1.29, 1.82) is 0 Å². The molecular weight excluding hydrogens is 254 g/mol. The number of carbonyl (C=O) groups excluding carboxylic acids is 1. The summed E-state index contributed by atoms with van der Waals surface area (Å²) in [6, 6.07) is 2.09. The zero-order chi connectivity index (χ0) is 14.1. The highest BCUT2D eigenvalue weighted by Gasteiger charge is 2.33. The third kappa shape index (κ3) is 2.11. The number of aryl methyl sites for hydroxylation is 1. The van der Waals surface area contributed by atoms with Crippen LogP contribution in [0, 0.1) is 5.92 Å². The second-order valence-corrected chi connectivity index (χ2v) is 5.26. The summed E-state index contributed by atoms with van der Waals surface area (Å²) in [5.74, 6) is 0.937. The minimum absolute atomic E-state index is 0.0259. The van der Waals surface area contributed by atoms with E-state index in [1.165, 1.54) is 0 Å². The Morgan fingerprint density at radius 1 is 1.45 bits per heavy atom. The van der Waals surface area contributed by atoms with E-state index in [0.717, 1.165) is 36.2 Å². The highest BCUT2D eigenvalue weighted by Crippen LogP contribution is 2.29. The lowest BCUT2D eigenvalue weighted by molar-refractivity contribution is -0.124. The number of nitrogens with zero attached hydrogens (tertiary/aromatic N) is 3. The summed E-state index contributed by atoms with van der Waals surface area (Å²) in [5.41, 5.74) is 1.91. The molecule has 3 rings (SSSR count). The molecule has 2 aromatic heterocycles. The Labute approximate surface area is 117 Å². The van der Waals surface area contributed by atoms with Gasteiger partial charge in [-0.2, -0.15) is 0 Å². The van der Waals surface area contributed by atoms with Gasteiger partial charge in [-0.25, -0.2) is 4.98 Å². The molecule has 1 fully saturated rings. The molecule has 106 valence electrons. The minimum Gasteiger partial charge on any atom is -0.359 e. The second-order valence-electron chi connectivity index (χ2n) is 5.26. The SMILES string of the molecule is CNC(=O)C1CCCC1Nc1nc2cnccc2n1C. The molecule has 1 aliphatic carbocycles. The van der Waals surface area contributed by atoms with Crippen LogP contribution in [0.3, 0.4) is 0 Å². The molecule has 0 bridgehead atoms. The molecule has 2 unspecified atom stereocenters. The van der Waals surface area contributed by atoms with Crippen LogP contribution < -0.4 is 10.6 Å². The molecule has 0 radical (unpaired) electrons. The summed E-state index contributed by atoms with van der Waals surface area (Å²) < 4.78 is 2.01. The Morgan fingerprint density at radius 3 is 3.05 bits per heavy atom. The van der Waals surface area contributed by atoms with Gasteiger partial charge in [0.1, 0.15) is 5.52 Å². The maximum absolute atomic E-state index is 11.9. The van der Waals surface area contributed by atoms with Crippen LogP contribution in [0.5, 0.6) is 0 Å². The number of pyridine rings is 1. The molecule has 20 heavy (non-hydrogen) atoms. The van der Waals surface area contributed by atoms with Crippen molar-refractivity contribution in [2.45, 2.75) is 25.3 Å². The lowest BCUT2D eigenvalue weighted by Gasteiger charge is -2.20. The number of carbonyl (C=O) groups is 1. The lowest BCUT2D eigenvalue weighted by atomic mass is 10.0. The smallest absolute Gasteiger partial charge is 0.224 e. The van der Waals surface area contributed by atoms with Crippen LogP contribution in [0.15, 0.2) is 18.5 Å². The van der Waals surface area contributed by atoms with Crippen molar-refractivity contribution >= 4 is 22.9 Å². The van der Waals surface area contributed by atoms with Crippen LogP contribution in [0.25, 0.3) is 11.0 Å². The van der Waals surface area contributed by atoms with Crippen LogP contribution in [-0.2, 0) is 11.8 Å². The summed E-state index contributed by atoms with van der Waals surface area (Å²) in [6.07, 6.45) is 6.52. The Kier molecular flexibility index (Phi) is 3.30. The van der Waals surface area contributed by atoms with Gasteiger partial charge in [0, 0.05) is 26.3 Å². The number of rotatable bonds is 3. The molecule has 2 N–H and O–H groups in total. The monoisotopic (exact) mass is 273 g/mol. The molecule has 0 aromatic carbocycles. The van der Waals surface area contributed by atoms with Gasteiger partial charge in [-0.1, -0.05) is 6.42 Å². The van der Waals surface area contributed by atoms with Crippen molar-refractivity contribution in [3.05, 3.63) is 18.5 Å². The van der Waals surface area contributed by atoms with Crippen LogP contribution in [0.2, 0.25) is 0 Å². The summed E-state index contributed by atoms with van der Waals surface area (Å²) in [4.78, 5) is 20.5. The molecule has 0 aliphatic heterocycles. The molecular formula is C14H19N5O. The van der Waals surface area contributed by atoms with Gasteiger partial charge in [-0.15, -0.1) is 0 Å². The number of aromatic nitrogens is 3. The number of imidazole rings is 1. The van der Waals surface area contributed by atoms with Crippen molar-refractivity contribution < 1.29 is 4.79 Å². The molecule has 2 aromatic rings. The fourth-order valence-electron chi connectivity index (χ4n) is 2.98. The second kappa shape index (κ2) is 5.11. The normalized spacial score (nSPS) is 22.1. The Hall–Kier alpha value is -2.11. The summed E-state index contributed by atoms with van der Waals surface area (Å²) in [6.45, 7) is 0. The Bertz CT molecular complexity index is 636. The molecule has 6 heteroatoms. The molecule has 0 saturated heterocycles. The first-order chi connectivity index (χ1) is 9.70. The molecule has 0 spiro atoms. The fraction of sp³-hybridized carbons (Fsp3) is 0.500. The van der Waals surface area contributed by atoms with Crippen LogP contribution in [0.4, 0.5) is 5.95 Å². The van der Waals surface area contributed by atoms with Crippen LogP contribution in [-0.4, -0.2) is 33.5 Å². The average Bonchev–Trinajstić information content (AvgIpc) is 3.05. The van der Waals surface area contributed by atoms with Crippen molar-refractivity contribution in [1.82, 2.24) is 19.9 Å². The van der Waals surface area contributed by atoms with Gasteiger partial charge in [0.15, 0.2) is 0 Å². The zero-order valence-corrected chi connectivity index (χ0v) is 11.8. The van der Waals surface area contributed by atoms with E-state index in [4.69, 9.17) is 0 Å². The summed E-state index contributed by atoms with van der Waals surface area (Å²) in [5, 5.41) is 6.17. The van der Waals surface area contributed by atoms with Gasteiger partial charge in [0.2, 0.25) is 11.9 Å². The number of hydrogen-bond acceptors (Lipinski definition) is 4. The number of anilines is 1. The predicted octanol–water partition coefficient (Wildman–Crippen LogP) is 1.29. The predicted molar refractivity (Wildman–Crippen MR) is 77.3 cm³/mol. The van der Waals surface area contributed by atoms with E-state index in [0.29, 0.717) is 0 Å². The maximum atomic E-state index is 11.9. The van der Waals surface area contributed by atoms with Gasteiger partial charge in [-0.3, -0.25) is 9.78 Å². The van der Waals surface area contributed by atoms with E-state index in [-0.39, 0.29) is 17.9 Å². The van der Waals surface area contributed by atoms with Gasteiger partial charge >= 0.3 is 0 Å². The van der Waals surface area contributed by atoms with E-state index in [9.17, 15) is 4.79 Å². The minimum atomic E-state index is 0.0259. The number of fused-ring (bicyclic) bond motifs is 1. The first kappa shape index (κ1) is 12.9. The van der Waals surface area contributed by atoms with Gasteiger partial charge < -0.3 is 15.2 Å². The van der Waals surface area contributed by atoms with Gasteiger partial charge in [0.25, 0.3) is 0 Å². The first-order valence-corrected chi connectivity index (χ1v) is 6.95. The van der Waals surface area contributed by atoms with Crippen molar-refractivity contribution in [3.8, 4) is 0 Å². The molecule has 1 saturated carbocycles. The number of amides is 1. The zero-order valence-electron chi connectivity index (χ0n) is 11.8. The van der Waals surface area contributed by atoms with E-state index in [1.807, 2.05) is 17.7 Å². The van der Waals surface area contributed by atoms with E-state index in [1.54, 1.807) is 19.4 Å². The highest BCUT2D eigenvalue weighted by molar-refractivity contribution is 5.80. The van der Waals surface area contributed by atoms with Crippen molar-refractivity contribution in [3.63, 3.8) is 0 Å². The van der Waals surface area contributed by atoms with E-state index < -0.39 is 0 Å². The quantitative estimate of drug-likeness (QED) is 0.884. The van der Waals surface area contributed by atoms with Crippen LogP contribution in [0.1, 0.15) is 19.3 Å². The standard InChI is InChI=1S/C14H19N5O/c1-15-13(20)9-4-3-5-10(9)17-14-18-11-8-16-7-6-12(11)19(14)2/h6-10H,3-5H2,1-2H3,(H,15,20)(H,17,18). The Balaban J connectivity index is 1.85. The molecule has 1 amide bonds. The average molecular weight is 273 g/mol. The van der Waals surface area contributed by atoms with E-state index >= 15 is 0 Å². The topological polar surface area (TPSA) is 71.8 Å². The third-order valence-corrected chi connectivity index (χ3v) is 4.10. The van der Waals surface area contributed by atoms with Gasteiger partial charge in [-0.05, 0) is 18.9 Å². The molecule has 2 atom stereocenters. The maximum Gasteiger partial charge on any atom is 0.224 e. The van der Waals surface area contributed by atoms with Gasteiger partial charge in [0.05, 0.1) is 17.6 Å². The lowest BCUT2D eigenvalue weighted by Crippen LogP contribution is -2.36. The van der Waals surface area contributed by atoms with Crippen LogP contribution >= 0.6 is 0 Å². The number of hydrogen-bond donors (Lipinski definition) is 2. The highest BCUT2D eigenvalue weighted by atomic mass is 16.1. The fourth-order valence-corrected chi connectivity index (χ4v) is 2.98. The third-order valence-electron chi connectivity index (χ3n) is 4.10. The van der Waals surface area contributed by atoms with E-state index in [2.05, 4.69) is 20.6 Å². The summed E-state index contributed by atoms with van der Waals surface area (Å²) in [7, 11) is 3.67. The molecule has 1 aliphatic rings. The van der Waals surface area contributed by atoms with Crippen molar-refractivity contribution in [2.24, 2.45) is 13.0 Å². The first-order valence-electron chi connectivity index (χ1n) is 6.95. The number of nitrogens with one attached hydrogen (secondary N) is 2. The largest absolute Gasteiger partial charge is 0.359 e. The Morgan fingerprint density at radius 2 is 2.30 bits per heavy atom. The van der Waals surface area contributed by atoms with Crippen molar-refractivity contribution in [2.75, 3.05) is 12.4 Å².